The zero-order valence-electron chi connectivity index (χ0n) is 9.02. The molecule has 76 valence electrons. The minimum atomic E-state index is -0.342. The van der Waals surface area contributed by atoms with E-state index in [9.17, 15) is 9.59 Å². The van der Waals surface area contributed by atoms with E-state index in [1.165, 1.54) is 6.92 Å². The largest absolute Gasteiger partial charge is 1.00 e. The molecule has 0 saturated heterocycles. The average Bonchev–Trinajstić information content (AvgIpc) is 2.22. The van der Waals surface area contributed by atoms with E-state index in [0.29, 0.717) is 10.9 Å². The molecule has 5 nitrogen and oxygen atoms in total. The number of para-hydroxylation sites is 1. The molecule has 16 heavy (non-hydrogen) atoms. The van der Waals surface area contributed by atoms with E-state index < -0.39 is 0 Å². The third kappa shape index (κ3) is 2.32. The summed E-state index contributed by atoms with van der Waals surface area (Å²) in [5.74, 6) is -0.342. The summed E-state index contributed by atoms with van der Waals surface area (Å²) in [6.07, 6.45) is 2.43. The van der Waals surface area contributed by atoms with Gasteiger partial charge in [-0.15, -0.1) is 0 Å². The number of aromatic nitrogens is 2. The molecule has 1 amide bonds. The average molecular weight is 209 g/mol. The van der Waals surface area contributed by atoms with Crippen LogP contribution in [0.5, 0.6) is 0 Å². The molecule has 2 aromatic rings. The molecule has 6 heteroatoms. The van der Waals surface area contributed by atoms with Crippen molar-refractivity contribution in [3.63, 3.8) is 0 Å². The molecule has 0 radical (unpaired) electrons. The Labute approximate surface area is 104 Å². The van der Waals surface area contributed by atoms with Gasteiger partial charge in [-0.3, -0.25) is 10.2 Å². The van der Waals surface area contributed by atoms with E-state index in [-0.39, 0.29) is 30.3 Å². The maximum Gasteiger partial charge on any atom is 1.00 e. The van der Waals surface area contributed by atoms with Crippen LogP contribution in [0.1, 0.15) is 6.92 Å². The Bertz CT molecular complexity index is 580. The van der Waals surface area contributed by atoms with Crippen LogP contribution < -0.4 is 29.8 Å². The maximum absolute atomic E-state index is 11.7. The number of amides is 1. The summed E-state index contributed by atoms with van der Waals surface area (Å²) >= 11 is 0. The fraction of sp³-hybridized carbons (Fsp3) is 0.100. The first-order chi connectivity index (χ1) is 7.18. The van der Waals surface area contributed by atoms with Gasteiger partial charge in [0.05, 0.1) is 0 Å². The molecule has 0 aliphatic heterocycles. The zero-order valence-corrected chi connectivity index (χ0v) is 9.02. The van der Waals surface area contributed by atoms with Crippen LogP contribution in [0.4, 0.5) is 0 Å². The van der Waals surface area contributed by atoms with Crippen LogP contribution in [0.15, 0.2) is 29.1 Å². The second kappa shape index (κ2) is 4.97. The molecule has 1 N–H and O–H groups in total. The van der Waals surface area contributed by atoms with E-state index >= 15 is 0 Å². The monoisotopic (exact) mass is 209 g/mol. The SMILES string of the molecule is CC(=O)Nn1[c-]nc2ccccc2c1=O.[Li+]. The molecule has 1 aromatic heterocycles. The Morgan fingerprint density at radius 3 is 2.81 bits per heavy atom. The summed E-state index contributed by atoms with van der Waals surface area (Å²) in [7, 11) is 0. The second-order valence-electron chi connectivity index (χ2n) is 3.04. The summed E-state index contributed by atoms with van der Waals surface area (Å²) in [6.45, 7) is 1.31. The van der Waals surface area contributed by atoms with Gasteiger partial charge in [0.2, 0.25) is 5.91 Å². The van der Waals surface area contributed by atoms with Crippen LogP contribution in [0.3, 0.4) is 0 Å². The molecule has 0 spiro atoms. The van der Waals surface area contributed by atoms with Gasteiger partial charge in [0.1, 0.15) is 0 Å². The van der Waals surface area contributed by atoms with Crippen molar-refractivity contribution in [2.45, 2.75) is 6.92 Å². The Kier molecular flexibility index (Phi) is 3.88. The van der Waals surface area contributed by atoms with E-state index in [4.69, 9.17) is 0 Å². The summed E-state index contributed by atoms with van der Waals surface area (Å²) in [5.41, 5.74) is 2.53. The molecule has 0 aliphatic carbocycles. The van der Waals surface area contributed by atoms with Crippen LogP contribution in [-0.2, 0) is 4.79 Å². The third-order valence-electron chi connectivity index (χ3n) is 1.88. The first-order valence-corrected chi connectivity index (χ1v) is 4.35. The molecule has 0 unspecified atom stereocenters. The van der Waals surface area contributed by atoms with Crippen molar-refractivity contribution >= 4 is 16.8 Å². The van der Waals surface area contributed by atoms with Crippen LogP contribution in [0.25, 0.3) is 10.9 Å². The minimum Gasteiger partial charge on any atom is -0.366 e. The van der Waals surface area contributed by atoms with Crippen molar-refractivity contribution in [1.82, 2.24) is 9.66 Å². The number of rotatable bonds is 1. The van der Waals surface area contributed by atoms with Crippen molar-refractivity contribution in [2.75, 3.05) is 5.43 Å². The predicted octanol–water partition coefficient (Wildman–Crippen LogP) is -2.71. The van der Waals surface area contributed by atoms with E-state index in [1.807, 2.05) is 0 Å². The predicted molar refractivity (Wildman–Crippen MR) is 54.9 cm³/mol. The van der Waals surface area contributed by atoms with Gasteiger partial charge in [-0.05, 0) is 10.9 Å². The van der Waals surface area contributed by atoms with Gasteiger partial charge in [-0.25, -0.2) is 0 Å². The standard InChI is InChI=1S/C10H8N3O2.Li/c1-7(14)12-13-6-11-9-5-3-2-4-8(9)10(13)15;/h2-5H,1H3,(H,12,14);/q-1;+1. The van der Waals surface area contributed by atoms with Gasteiger partial charge in [-0.1, -0.05) is 24.3 Å². The molecule has 0 bridgehead atoms. The Hall–Kier alpha value is -1.57. The van der Waals surface area contributed by atoms with Crippen LogP contribution >= 0.6 is 0 Å². The van der Waals surface area contributed by atoms with Gasteiger partial charge in [0.15, 0.2) is 5.56 Å². The van der Waals surface area contributed by atoms with Gasteiger partial charge in [0.25, 0.3) is 0 Å². The number of hydrogen-bond donors (Lipinski definition) is 1. The topological polar surface area (TPSA) is 64.0 Å². The number of nitrogens with zero attached hydrogens (tertiary/aromatic N) is 2. The van der Waals surface area contributed by atoms with E-state index in [1.54, 1.807) is 24.3 Å². The Morgan fingerprint density at radius 2 is 2.12 bits per heavy atom. The van der Waals surface area contributed by atoms with E-state index in [0.717, 1.165) is 4.68 Å². The molecule has 0 saturated carbocycles. The van der Waals surface area contributed by atoms with Crippen molar-refractivity contribution in [3.05, 3.63) is 40.9 Å². The van der Waals surface area contributed by atoms with Crippen LogP contribution in [0.2, 0.25) is 0 Å². The molecule has 1 aromatic carbocycles. The maximum atomic E-state index is 11.7. The quantitative estimate of drug-likeness (QED) is 0.410. The fourth-order valence-electron chi connectivity index (χ4n) is 1.25. The molecule has 2 rings (SSSR count). The third-order valence-corrected chi connectivity index (χ3v) is 1.88. The Balaban J connectivity index is 0.00000128. The summed E-state index contributed by atoms with van der Waals surface area (Å²) in [4.78, 5) is 26.4. The summed E-state index contributed by atoms with van der Waals surface area (Å²) < 4.78 is 0.949. The molecule has 1 heterocycles. The number of hydrogen-bond acceptors (Lipinski definition) is 3. The number of nitrogens with one attached hydrogen (secondary N) is 1. The smallest absolute Gasteiger partial charge is 0.366 e. The van der Waals surface area contributed by atoms with Gasteiger partial charge in [-0.2, -0.15) is 0 Å². The van der Waals surface area contributed by atoms with Crippen LogP contribution in [0, 0.1) is 6.33 Å². The molecule has 0 aliphatic rings. The normalized spacial score (nSPS) is 9.56. The number of carbonyl (C=O) groups is 1. The zero-order chi connectivity index (χ0) is 10.8. The van der Waals surface area contributed by atoms with Crippen molar-refractivity contribution in [2.24, 2.45) is 0 Å². The molecular formula is C10H8LiN3O2. The number of benzene rings is 1. The Morgan fingerprint density at radius 1 is 1.44 bits per heavy atom. The molecule has 0 fully saturated rings. The van der Waals surface area contributed by atoms with Gasteiger partial charge >= 0.3 is 18.9 Å². The van der Waals surface area contributed by atoms with Crippen molar-refractivity contribution < 1.29 is 23.7 Å². The van der Waals surface area contributed by atoms with Crippen LogP contribution in [-0.4, -0.2) is 15.6 Å². The number of fused-ring (bicyclic) bond motifs is 1. The van der Waals surface area contributed by atoms with Crippen molar-refractivity contribution in [1.29, 1.82) is 0 Å². The summed E-state index contributed by atoms with van der Waals surface area (Å²) in [5, 5.41) is 0.449. The minimum absolute atomic E-state index is 0. The van der Waals surface area contributed by atoms with Gasteiger partial charge < -0.3 is 14.5 Å². The molecule has 0 atom stereocenters. The fourth-order valence-corrected chi connectivity index (χ4v) is 1.25. The van der Waals surface area contributed by atoms with Crippen molar-refractivity contribution in [3.8, 4) is 0 Å². The first-order valence-electron chi connectivity index (χ1n) is 4.35. The van der Waals surface area contributed by atoms with E-state index in [2.05, 4.69) is 16.7 Å². The first kappa shape index (κ1) is 12.5. The van der Waals surface area contributed by atoms with Gasteiger partial charge in [0, 0.05) is 13.3 Å². The second-order valence-corrected chi connectivity index (χ2v) is 3.04. The number of carbonyl (C=O) groups excluding carboxylic acids is 1. The summed E-state index contributed by atoms with van der Waals surface area (Å²) in [6, 6.07) is 6.89. The molecular weight excluding hydrogens is 201 g/mol.